The summed E-state index contributed by atoms with van der Waals surface area (Å²) in [5.74, 6) is 0. The number of nitrogens with two attached hydrogens (primary N) is 1. The Labute approximate surface area is 197 Å². The van der Waals surface area contributed by atoms with Gasteiger partial charge in [-0.2, -0.15) is 0 Å². The maximum Gasteiger partial charge on any atom is 0.329 e. The van der Waals surface area contributed by atoms with Crippen molar-refractivity contribution in [1.29, 1.82) is 0 Å². The summed E-state index contributed by atoms with van der Waals surface area (Å²) in [6, 6.07) is 15.0. The van der Waals surface area contributed by atoms with Gasteiger partial charge in [0.15, 0.2) is 0 Å². The van der Waals surface area contributed by atoms with Crippen LogP contribution in [0.1, 0.15) is 30.7 Å². The minimum atomic E-state index is -0.480. The van der Waals surface area contributed by atoms with Crippen LogP contribution in [0.5, 0.6) is 0 Å². The number of hydrogen-bond donors (Lipinski definition) is 2. The summed E-state index contributed by atoms with van der Waals surface area (Å²) in [4.78, 5) is 30.5. The van der Waals surface area contributed by atoms with Crippen LogP contribution < -0.4 is 10.6 Å². The number of nitrogens with zero attached hydrogens (tertiary/aromatic N) is 5. The number of aromatic nitrogens is 3. The summed E-state index contributed by atoms with van der Waals surface area (Å²) < 4.78 is 0. The van der Waals surface area contributed by atoms with Crippen LogP contribution in [0.15, 0.2) is 60.9 Å². The van der Waals surface area contributed by atoms with Gasteiger partial charge in [-0.25, -0.2) is 9.78 Å². The highest BCUT2D eigenvalue weighted by molar-refractivity contribution is 6.08. The van der Waals surface area contributed by atoms with Crippen molar-refractivity contribution >= 4 is 28.4 Å². The Balaban J connectivity index is 1.68. The molecule has 0 aliphatic carbocycles. The number of anilines is 2. The van der Waals surface area contributed by atoms with E-state index in [-0.39, 0.29) is 12.6 Å². The Morgan fingerprint density at radius 2 is 1.79 bits per heavy atom. The van der Waals surface area contributed by atoms with Gasteiger partial charge in [-0.3, -0.25) is 14.9 Å². The molecule has 34 heavy (non-hydrogen) atoms. The number of carbonyl (C=O) groups excluding carboxylic acids is 1. The highest BCUT2D eigenvalue weighted by atomic mass is 16.3. The van der Waals surface area contributed by atoms with Crippen LogP contribution in [0.2, 0.25) is 0 Å². The summed E-state index contributed by atoms with van der Waals surface area (Å²) in [5, 5.41) is 9.28. The molecule has 0 saturated heterocycles. The minimum Gasteiger partial charge on any atom is -0.390 e. The van der Waals surface area contributed by atoms with Gasteiger partial charge in [0.1, 0.15) is 5.52 Å². The van der Waals surface area contributed by atoms with Crippen molar-refractivity contribution in [2.24, 2.45) is 5.73 Å². The Morgan fingerprint density at radius 1 is 1.03 bits per heavy atom. The van der Waals surface area contributed by atoms with Crippen molar-refractivity contribution in [1.82, 2.24) is 19.9 Å². The predicted octanol–water partition coefficient (Wildman–Crippen LogP) is 4.08. The van der Waals surface area contributed by atoms with E-state index in [0.717, 1.165) is 28.1 Å². The zero-order chi connectivity index (χ0) is 24.0. The molecule has 8 nitrogen and oxygen atoms in total. The van der Waals surface area contributed by atoms with Gasteiger partial charge in [-0.15, -0.1) is 0 Å². The second kappa shape index (κ2) is 8.16. The van der Waals surface area contributed by atoms with E-state index in [1.807, 2.05) is 62.5 Å². The van der Waals surface area contributed by atoms with E-state index < -0.39 is 5.54 Å². The number of fused-ring (bicyclic) bond motifs is 3. The first kappa shape index (κ1) is 21.9. The molecule has 3 aromatic heterocycles. The third-order valence-electron chi connectivity index (χ3n) is 6.06. The Hall–Kier alpha value is -3.88. The Bertz CT molecular complexity index is 1380. The lowest BCUT2D eigenvalue weighted by molar-refractivity contribution is 0.213. The first-order valence-corrected chi connectivity index (χ1v) is 11.1. The van der Waals surface area contributed by atoms with Gasteiger partial charge in [0.05, 0.1) is 41.4 Å². The average Bonchev–Trinajstić information content (AvgIpc) is 2.84. The van der Waals surface area contributed by atoms with E-state index in [1.54, 1.807) is 29.1 Å². The van der Waals surface area contributed by atoms with Crippen LogP contribution in [-0.4, -0.2) is 38.0 Å². The molecular weight excluding hydrogens is 428 g/mol. The van der Waals surface area contributed by atoms with Crippen molar-refractivity contribution in [3.05, 3.63) is 77.7 Å². The van der Waals surface area contributed by atoms with Crippen LogP contribution >= 0.6 is 0 Å². The molecule has 2 amide bonds. The van der Waals surface area contributed by atoms with Gasteiger partial charge < -0.3 is 15.7 Å². The molecule has 0 unspecified atom stereocenters. The number of rotatable bonds is 4. The summed E-state index contributed by atoms with van der Waals surface area (Å²) in [5.41, 5.74) is 12.6. The molecule has 1 aliphatic rings. The third-order valence-corrected chi connectivity index (χ3v) is 6.06. The normalized spacial score (nSPS) is 14.0. The van der Waals surface area contributed by atoms with Crippen molar-refractivity contribution in [3.8, 4) is 11.3 Å². The number of pyridine rings is 3. The van der Waals surface area contributed by atoms with Crippen molar-refractivity contribution in [3.63, 3.8) is 0 Å². The van der Waals surface area contributed by atoms with E-state index in [9.17, 15) is 9.90 Å². The Kier molecular flexibility index (Phi) is 5.27. The molecule has 0 fully saturated rings. The second-order valence-electron chi connectivity index (χ2n) is 9.14. The molecule has 0 radical (unpaired) electrons. The van der Waals surface area contributed by atoms with E-state index in [4.69, 9.17) is 10.7 Å². The number of benzene rings is 1. The number of aliphatic hydroxyl groups is 1. The van der Waals surface area contributed by atoms with Gasteiger partial charge in [-0.1, -0.05) is 12.1 Å². The zero-order valence-electron chi connectivity index (χ0n) is 19.4. The lowest BCUT2D eigenvalue weighted by Crippen LogP contribution is -2.42. The standard InChI is InChI=1S/C26H26N6O2/c1-26(2,27)18-5-8-20(9-6-18)32-24-17(14-31(3)25(32)34)13-29-22-11-10-21(30-23(22)24)16-4-7-19(15-33)28-12-16/h4-13,33H,14-15,27H2,1-3H3. The maximum absolute atomic E-state index is 13.4. The SMILES string of the molecule is CN1Cc2cnc3ccc(-c4ccc(CO)nc4)nc3c2N(c2ccc(C(C)(C)N)cc2)C1=O. The monoisotopic (exact) mass is 454 g/mol. The molecule has 0 saturated carbocycles. The molecule has 4 aromatic rings. The molecular formula is C26H26N6O2. The minimum absolute atomic E-state index is 0.117. The van der Waals surface area contributed by atoms with E-state index >= 15 is 0 Å². The lowest BCUT2D eigenvalue weighted by atomic mass is 9.95. The smallest absolute Gasteiger partial charge is 0.329 e. The highest BCUT2D eigenvalue weighted by Gasteiger charge is 2.32. The molecule has 4 heterocycles. The molecule has 0 bridgehead atoms. The van der Waals surface area contributed by atoms with Gasteiger partial charge in [0.2, 0.25) is 0 Å². The van der Waals surface area contributed by atoms with Gasteiger partial charge in [0.25, 0.3) is 0 Å². The van der Waals surface area contributed by atoms with Crippen molar-refractivity contribution in [2.45, 2.75) is 32.5 Å². The van der Waals surface area contributed by atoms with Gasteiger partial charge >= 0.3 is 6.03 Å². The van der Waals surface area contributed by atoms with E-state index in [2.05, 4.69) is 9.97 Å². The summed E-state index contributed by atoms with van der Waals surface area (Å²) in [6.45, 7) is 4.22. The topological polar surface area (TPSA) is 108 Å². The van der Waals surface area contributed by atoms with Crippen LogP contribution in [-0.2, 0) is 18.7 Å². The Morgan fingerprint density at radius 3 is 2.44 bits per heavy atom. The summed E-state index contributed by atoms with van der Waals surface area (Å²) in [6.07, 6.45) is 3.50. The molecule has 1 aromatic carbocycles. The first-order valence-electron chi connectivity index (χ1n) is 11.1. The fourth-order valence-electron chi connectivity index (χ4n) is 4.16. The van der Waals surface area contributed by atoms with E-state index in [0.29, 0.717) is 29.0 Å². The number of amides is 2. The second-order valence-corrected chi connectivity index (χ2v) is 9.14. The summed E-state index contributed by atoms with van der Waals surface area (Å²) in [7, 11) is 1.78. The highest BCUT2D eigenvalue weighted by Crippen LogP contribution is 2.39. The molecule has 5 rings (SSSR count). The van der Waals surface area contributed by atoms with Gasteiger partial charge in [-0.05, 0) is 55.8 Å². The molecule has 172 valence electrons. The lowest BCUT2D eigenvalue weighted by Gasteiger charge is -2.35. The number of carbonyl (C=O) groups is 1. The van der Waals surface area contributed by atoms with Crippen LogP contribution in [0.25, 0.3) is 22.3 Å². The number of urea groups is 1. The fraction of sp³-hybridized carbons (Fsp3) is 0.231. The van der Waals surface area contributed by atoms with E-state index in [1.165, 1.54) is 0 Å². The van der Waals surface area contributed by atoms with Crippen LogP contribution in [0.3, 0.4) is 0 Å². The first-order chi connectivity index (χ1) is 16.3. The molecule has 8 heteroatoms. The summed E-state index contributed by atoms with van der Waals surface area (Å²) >= 11 is 0. The molecule has 0 atom stereocenters. The van der Waals surface area contributed by atoms with Crippen molar-refractivity contribution in [2.75, 3.05) is 11.9 Å². The number of aliphatic hydroxyl groups excluding tert-OH is 1. The third kappa shape index (κ3) is 3.76. The molecule has 3 N–H and O–H groups in total. The van der Waals surface area contributed by atoms with Crippen molar-refractivity contribution < 1.29 is 9.90 Å². The quantitative estimate of drug-likeness (QED) is 0.481. The molecule has 1 aliphatic heterocycles. The van der Waals surface area contributed by atoms with Gasteiger partial charge in [0, 0.05) is 36.1 Å². The fourth-order valence-corrected chi connectivity index (χ4v) is 4.16. The van der Waals surface area contributed by atoms with Crippen LogP contribution in [0.4, 0.5) is 16.2 Å². The zero-order valence-corrected chi connectivity index (χ0v) is 19.4. The number of hydrogen-bond acceptors (Lipinski definition) is 6. The average molecular weight is 455 g/mol. The van der Waals surface area contributed by atoms with Crippen LogP contribution in [0, 0.1) is 0 Å². The maximum atomic E-state index is 13.4. The molecule has 0 spiro atoms. The largest absolute Gasteiger partial charge is 0.390 e. The predicted molar refractivity (Wildman–Crippen MR) is 131 cm³/mol.